The Hall–Kier alpha value is -1.28. The first-order valence-electron chi connectivity index (χ1n) is 7.87. The van der Waals surface area contributed by atoms with Gasteiger partial charge in [-0.15, -0.1) is 11.3 Å². The molecule has 1 aromatic heterocycles. The van der Waals surface area contributed by atoms with E-state index in [1.807, 2.05) is 17.5 Å². The number of methoxy groups -OCH3 is 1. The number of rotatable bonds is 5. The van der Waals surface area contributed by atoms with Crippen molar-refractivity contribution in [1.29, 1.82) is 0 Å². The van der Waals surface area contributed by atoms with Crippen LogP contribution in [0.25, 0.3) is 0 Å². The molecule has 9 heteroatoms. The van der Waals surface area contributed by atoms with E-state index >= 15 is 0 Å². The van der Waals surface area contributed by atoms with Crippen molar-refractivity contribution >= 4 is 50.3 Å². The predicted molar refractivity (Wildman–Crippen MR) is 104 cm³/mol. The first kappa shape index (κ1) is 19.5. The monoisotopic (exact) mass is 433 g/mol. The summed E-state index contributed by atoms with van der Waals surface area (Å²) in [5.74, 6) is 0.0719. The van der Waals surface area contributed by atoms with Gasteiger partial charge in [0.15, 0.2) is 15.6 Å². The fourth-order valence-electron chi connectivity index (χ4n) is 3.00. The number of carbonyl (C=O) groups is 1. The van der Waals surface area contributed by atoms with Crippen LogP contribution in [0.2, 0.25) is 10.0 Å². The van der Waals surface area contributed by atoms with E-state index < -0.39 is 9.84 Å². The molecule has 140 valence electrons. The Kier molecular flexibility index (Phi) is 5.81. The van der Waals surface area contributed by atoms with Crippen molar-refractivity contribution in [3.05, 3.63) is 50.1 Å². The number of ether oxygens (including phenoxy) is 1. The fourth-order valence-corrected chi connectivity index (χ4v) is 6.08. The van der Waals surface area contributed by atoms with Gasteiger partial charge in [-0.3, -0.25) is 4.79 Å². The standard InChI is InChI=1S/C17H17Cl2NO4S2/c1-24-16-14(18)7-11(8-15(16)19)17(21)20(9-13-3-2-5-25-13)12-4-6-26(22,23)10-12/h2-3,5,7-8,12H,4,6,9-10H2,1H3. The molecule has 0 spiro atoms. The number of hydrogen-bond acceptors (Lipinski definition) is 5. The highest BCUT2D eigenvalue weighted by molar-refractivity contribution is 7.91. The lowest BCUT2D eigenvalue weighted by Gasteiger charge is -2.28. The maximum Gasteiger partial charge on any atom is 0.254 e. The molecule has 0 N–H and O–H groups in total. The van der Waals surface area contributed by atoms with Crippen molar-refractivity contribution in [2.45, 2.75) is 19.0 Å². The number of amides is 1. The fraction of sp³-hybridized carbons (Fsp3) is 0.353. The summed E-state index contributed by atoms with van der Waals surface area (Å²) in [6, 6.07) is 6.45. The van der Waals surface area contributed by atoms with Gasteiger partial charge in [0.2, 0.25) is 0 Å². The topological polar surface area (TPSA) is 63.7 Å². The van der Waals surface area contributed by atoms with E-state index in [1.54, 1.807) is 4.90 Å². The van der Waals surface area contributed by atoms with E-state index in [-0.39, 0.29) is 33.5 Å². The number of carbonyl (C=O) groups excluding carboxylic acids is 1. The summed E-state index contributed by atoms with van der Waals surface area (Å²) in [5.41, 5.74) is 0.307. The Morgan fingerprint density at radius 2 is 2.04 bits per heavy atom. The number of hydrogen-bond donors (Lipinski definition) is 0. The lowest BCUT2D eigenvalue weighted by molar-refractivity contribution is 0.0683. The Morgan fingerprint density at radius 3 is 2.54 bits per heavy atom. The zero-order valence-electron chi connectivity index (χ0n) is 13.9. The maximum absolute atomic E-state index is 13.2. The van der Waals surface area contributed by atoms with Crippen LogP contribution in [-0.4, -0.2) is 43.9 Å². The van der Waals surface area contributed by atoms with E-state index in [9.17, 15) is 13.2 Å². The smallest absolute Gasteiger partial charge is 0.254 e. The summed E-state index contributed by atoms with van der Waals surface area (Å²) >= 11 is 13.8. The molecule has 1 aliphatic heterocycles. The van der Waals surface area contributed by atoms with Crippen LogP contribution in [0, 0.1) is 0 Å². The van der Waals surface area contributed by atoms with E-state index in [1.165, 1.54) is 30.6 Å². The van der Waals surface area contributed by atoms with Crippen molar-refractivity contribution in [3.8, 4) is 5.75 Å². The third-order valence-electron chi connectivity index (χ3n) is 4.27. The van der Waals surface area contributed by atoms with E-state index in [2.05, 4.69) is 0 Å². The Bertz CT molecular complexity index is 890. The van der Waals surface area contributed by atoms with Crippen LogP contribution >= 0.6 is 34.5 Å². The van der Waals surface area contributed by atoms with E-state index in [0.717, 1.165) is 4.88 Å². The summed E-state index contributed by atoms with van der Waals surface area (Å²) in [5, 5.41) is 2.39. The van der Waals surface area contributed by atoms with Crippen LogP contribution in [0.4, 0.5) is 0 Å². The first-order chi connectivity index (χ1) is 12.3. The lowest BCUT2D eigenvalue weighted by atomic mass is 10.1. The van der Waals surface area contributed by atoms with Gasteiger partial charge in [0.1, 0.15) is 0 Å². The second-order valence-electron chi connectivity index (χ2n) is 6.04. The number of nitrogens with zero attached hydrogens (tertiary/aromatic N) is 1. The summed E-state index contributed by atoms with van der Waals surface area (Å²) in [4.78, 5) is 15.7. The lowest BCUT2D eigenvalue weighted by Crippen LogP contribution is -2.40. The van der Waals surface area contributed by atoms with Crippen molar-refractivity contribution in [3.63, 3.8) is 0 Å². The highest BCUT2D eigenvalue weighted by Gasteiger charge is 2.35. The van der Waals surface area contributed by atoms with Gasteiger partial charge in [0.25, 0.3) is 5.91 Å². The van der Waals surface area contributed by atoms with Crippen molar-refractivity contribution in [2.75, 3.05) is 18.6 Å². The maximum atomic E-state index is 13.2. The highest BCUT2D eigenvalue weighted by Crippen LogP contribution is 2.35. The van der Waals surface area contributed by atoms with Gasteiger partial charge in [-0.2, -0.15) is 0 Å². The zero-order chi connectivity index (χ0) is 18.9. The molecule has 2 heterocycles. The second-order valence-corrected chi connectivity index (χ2v) is 10.1. The summed E-state index contributed by atoms with van der Waals surface area (Å²) in [6.45, 7) is 0.345. The van der Waals surface area contributed by atoms with Crippen molar-refractivity contribution in [2.24, 2.45) is 0 Å². The van der Waals surface area contributed by atoms with Gasteiger partial charge in [-0.25, -0.2) is 8.42 Å². The minimum atomic E-state index is -3.12. The molecular weight excluding hydrogens is 417 g/mol. The molecule has 1 fully saturated rings. The molecule has 1 saturated heterocycles. The molecule has 1 atom stereocenters. The minimum absolute atomic E-state index is 0.0261. The molecule has 0 saturated carbocycles. The van der Waals surface area contributed by atoms with Crippen LogP contribution in [-0.2, 0) is 16.4 Å². The first-order valence-corrected chi connectivity index (χ1v) is 11.3. The molecule has 0 radical (unpaired) electrons. The van der Waals surface area contributed by atoms with Gasteiger partial charge < -0.3 is 9.64 Å². The average molecular weight is 434 g/mol. The number of thiophene rings is 1. The number of sulfone groups is 1. The van der Waals surface area contributed by atoms with Crippen LogP contribution < -0.4 is 4.74 Å². The van der Waals surface area contributed by atoms with Crippen LogP contribution in [0.15, 0.2) is 29.6 Å². The minimum Gasteiger partial charge on any atom is -0.494 e. The Morgan fingerprint density at radius 1 is 1.35 bits per heavy atom. The quantitative estimate of drug-likeness (QED) is 0.716. The summed E-state index contributed by atoms with van der Waals surface area (Å²) in [7, 11) is -1.68. The molecule has 3 rings (SSSR count). The molecule has 5 nitrogen and oxygen atoms in total. The predicted octanol–water partition coefficient (Wildman–Crippen LogP) is 3.89. The van der Waals surface area contributed by atoms with Crippen LogP contribution in [0.1, 0.15) is 21.7 Å². The molecule has 1 aliphatic rings. The molecule has 26 heavy (non-hydrogen) atoms. The SMILES string of the molecule is COc1c(Cl)cc(C(=O)N(Cc2cccs2)C2CCS(=O)(=O)C2)cc1Cl. The Balaban J connectivity index is 1.94. The third kappa shape index (κ3) is 4.17. The number of benzene rings is 1. The summed E-state index contributed by atoms with van der Waals surface area (Å²) in [6.07, 6.45) is 0.428. The molecule has 1 amide bonds. The van der Waals surface area contributed by atoms with Crippen molar-refractivity contribution < 1.29 is 17.9 Å². The highest BCUT2D eigenvalue weighted by atomic mass is 35.5. The zero-order valence-corrected chi connectivity index (χ0v) is 17.1. The van der Waals surface area contributed by atoms with E-state index in [0.29, 0.717) is 24.3 Å². The second kappa shape index (κ2) is 7.76. The van der Waals surface area contributed by atoms with Gasteiger partial charge in [-0.05, 0) is 30.0 Å². The molecule has 0 aliphatic carbocycles. The van der Waals surface area contributed by atoms with Gasteiger partial charge in [0.05, 0.1) is 35.2 Å². The van der Waals surface area contributed by atoms with Crippen molar-refractivity contribution in [1.82, 2.24) is 4.90 Å². The van der Waals surface area contributed by atoms with Gasteiger partial charge >= 0.3 is 0 Å². The molecule has 0 bridgehead atoms. The van der Waals surface area contributed by atoms with Crippen LogP contribution in [0.3, 0.4) is 0 Å². The molecule has 1 aromatic carbocycles. The van der Waals surface area contributed by atoms with Crippen LogP contribution in [0.5, 0.6) is 5.75 Å². The third-order valence-corrected chi connectivity index (χ3v) is 7.44. The molecule has 2 aromatic rings. The van der Waals surface area contributed by atoms with Gasteiger partial charge in [-0.1, -0.05) is 29.3 Å². The van der Waals surface area contributed by atoms with Gasteiger partial charge in [0, 0.05) is 16.5 Å². The normalized spacial score (nSPS) is 18.7. The molecule has 1 unspecified atom stereocenters. The molecular formula is C17H17Cl2NO4S2. The number of halogens is 2. The average Bonchev–Trinajstić information content (AvgIpc) is 3.20. The summed E-state index contributed by atoms with van der Waals surface area (Å²) < 4.78 is 28.9. The van der Waals surface area contributed by atoms with E-state index in [4.69, 9.17) is 27.9 Å². The largest absolute Gasteiger partial charge is 0.494 e. The Labute approximate surface area is 166 Å².